The topological polar surface area (TPSA) is 15.3 Å². The van der Waals surface area contributed by atoms with Gasteiger partial charge in [-0.2, -0.15) is 0 Å². The van der Waals surface area contributed by atoms with Crippen LogP contribution < -0.4 is 5.32 Å². The van der Waals surface area contributed by atoms with Crippen LogP contribution >= 0.6 is 0 Å². The molecule has 0 aromatic carbocycles. The highest BCUT2D eigenvalue weighted by atomic mass is 15.1. The molecule has 8 heavy (non-hydrogen) atoms. The van der Waals surface area contributed by atoms with Crippen LogP contribution in [0.15, 0.2) is 0 Å². The van der Waals surface area contributed by atoms with E-state index in [1.165, 1.54) is 5.32 Å². The summed E-state index contributed by atoms with van der Waals surface area (Å²) < 4.78 is 108. The Labute approximate surface area is 72.9 Å². The minimum absolute atomic E-state index is 0.793. The second-order valence-electron chi connectivity index (χ2n) is 0.809. The molecule has 0 saturated heterocycles. The van der Waals surface area contributed by atoms with Gasteiger partial charge in [-0.25, -0.2) is 0 Å². The van der Waals surface area contributed by atoms with Crippen molar-refractivity contribution in [2.75, 3.05) is 33.4 Å². The highest BCUT2D eigenvalue weighted by molar-refractivity contribution is 4.47. The van der Waals surface area contributed by atoms with Crippen LogP contribution in [0.3, 0.4) is 0 Å². The van der Waals surface area contributed by atoms with Crippen molar-refractivity contribution in [3.63, 3.8) is 0 Å². The lowest BCUT2D eigenvalue weighted by molar-refractivity contribution is 0.354. The van der Waals surface area contributed by atoms with Gasteiger partial charge in [-0.05, 0) is 20.4 Å². The summed E-state index contributed by atoms with van der Waals surface area (Å²) in [5.74, 6) is 0. The van der Waals surface area contributed by atoms with Crippen LogP contribution in [-0.4, -0.2) is 38.3 Å². The molecule has 0 saturated carbocycles. The Hall–Kier alpha value is -0.0800. The lowest BCUT2D eigenvalue weighted by Crippen LogP contribution is -2.26. The molecule has 50 valence electrons. The number of hydrogen-bond donors (Lipinski definition) is 1. The van der Waals surface area contributed by atoms with Gasteiger partial charge in [0.05, 0.1) is 0 Å². The zero-order valence-corrected chi connectivity index (χ0v) is 3.95. The molecule has 0 aliphatic heterocycles. The molecule has 0 aromatic heterocycles. The smallest absolute Gasteiger partial charge is 0.0444 e. The Morgan fingerprint density at radius 1 is 1.88 bits per heavy atom. The Kier molecular flexibility index (Phi) is 0.500. The summed E-state index contributed by atoms with van der Waals surface area (Å²) in [6.45, 7) is -21.9. The molecule has 0 bridgehead atoms. The summed E-state index contributed by atoms with van der Waals surface area (Å²) in [5, 5.41) is 1.23. The van der Waals surface area contributed by atoms with Crippen LogP contribution in [0, 0.1) is 0 Å². The quantitative estimate of drug-likeness (QED) is 0.584. The normalized spacial score (nSPS) is 48.4. The van der Waals surface area contributed by atoms with Crippen molar-refractivity contribution in [1.29, 1.82) is 0 Å². The number of likely N-dealkylation sites (N-methyl/N-ethyl adjacent to an activating group) is 2. The molecule has 0 spiro atoms. The Morgan fingerprint density at radius 2 is 2.88 bits per heavy atom. The molecule has 0 aliphatic rings. The number of nitrogens with zero attached hydrogens (tertiary/aromatic N) is 1. The van der Waals surface area contributed by atoms with E-state index in [1.807, 2.05) is 0 Å². The fraction of sp³-hybridized carbons (Fsp3) is 1.00. The fourth-order valence-electron chi connectivity index (χ4n) is 0.112. The van der Waals surface area contributed by atoms with Gasteiger partial charge in [-0.15, -0.1) is 0 Å². The van der Waals surface area contributed by atoms with E-state index < -0.39 is 45.2 Å². The summed E-state index contributed by atoms with van der Waals surface area (Å²) in [5.41, 5.74) is 0. The van der Waals surface area contributed by atoms with E-state index in [2.05, 4.69) is 0 Å². The molecule has 0 rings (SSSR count). The van der Waals surface area contributed by atoms with Crippen molar-refractivity contribution in [2.45, 2.75) is 6.85 Å². The molecule has 0 heterocycles. The summed E-state index contributed by atoms with van der Waals surface area (Å²) in [7, 11) is 0. The lowest BCUT2D eigenvalue weighted by Gasteiger charge is -2.11. The average Bonchev–Trinajstić information content (AvgIpc) is 2.06. The first-order valence-corrected chi connectivity index (χ1v) is 1.67. The number of hydrogen-bond acceptors (Lipinski definition) is 2. The van der Waals surface area contributed by atoms with Crippen molar-refractivity contribution in [3.8, 4) is 0 Å². The second kappa shape index (κ2) is 5.06. The van der Waals surface area contributed by atoms with Gasteiger partial charge in [0.15, 0.2) is 0 Å². The Morgan fingerprint density at radius 3 is 3.50 bits per heavy atom. The first-order valence-electron chi connectivity index (χ1n) is 9.17. The van der Waals surface area contributed by atoms with Gasteiger partial charge in [-0.1, -0.05) is 6.85 Å². The highest BCUT2D eigenvalue weighted by Crippen LogP contribution is 1.75. The molecular formula is C6H16N2. The van der Waals surface area contributed by atoms with Gasteiger partial charge < -0.3 is 10.2 Å². The molecular weight excluding hydrogens is 100 g/mol. The van der Waals surface area contributed by atoms with Crippen molar-refractivity contribution < 1.29 is 20.6 Å². The SMILES string of the molecule is [2H]C([2H])([2H])NC([2H])([2H])C([2H])([2H])N(C([2H])([2H])[2H])C([2H])([2H])C([2H])([2H])[2H]. The zero-order valence-electron chi connectivity index (χ0n) is 18.9. The zero-order chi connectivity index (χ0) is 19.3. The Bertz CT molecular complexity index is 413. The second-order valence-corrected chi connectivity index (χ2v) is 0.809. The fourth-order valence-corrected chi connectivity index (χ4v) is 0.112. The van der Waals surface area contributed by atoms with Crippen molar-refractivity contribution >= 4 is 0 Å². The molecule has 2 heteroatoms. The summed E-state index contributed by atoms with van der Waals surface area (Å²) >= 11 is 0. The first-order chi connectivity index (χ1) is 9.57. The monoisotopic (exact) mass is 131 g/mol. The van der Waals surface area contributed by atoms with Gasteiger partial charge in [0, 0.05) is 33.6 Å². The molecule has 0 amide bonds. The third-order valence-electron chi connectivity index (χ3n) is 0.342. The van der Waals surface area contributed by atoms with E-state index in [0.717, 1.165) is 0 Å². The van der Waals surface area contributed by atoms with Crippen LogP contribution in [0.25, 0.3) is 0 Å². The van der Waals surface area contributed by atoms with E-state index in [4.69, 9.17) is 20.6 Å². The molecule has 0 radical (unpaired) electrons. The van der Waals surface area contributed by atoms with Crippen LogP contribution in [0.2, 0.25) is 0 Å². The van der Waals surface area contributed by atoms with Crippen LogP contribution in [0.4, 0.5) is 0 Å². The maximum absolute atomic E-state index is 7.61. The van der Waals surface area contributed by atoms with Crippen LogP contribution in [0.5, 0.6) is 0 Å². The third kappa shape index (κ3) is 4.09. The molecule has 0 aliphatic carbocycles. The maximum Gasteiger partial charge on any atom is 0.0444 e. The van der Waals surface area contributed by atoms with E-state index in [0.29, 0.717) is 0 Å². The molecule has 1 N–H and O–H groups in total. The van der Waals surface area contributed by atoms with E-state index in [9.17, 15) is 0 Å². The standard InChI is InChI=1S/C6H16N2/c1-4-8(3)6-5-7-2/h7H,4-6H2,1-3H3/i1D3,2D3,3D3,4D2,5D2,6D2. The van der Waals surface area contributed by atoms with E-state index in [1.54, 1.807) is 0 Å². The maximum atomic E-state index is 7.61. The van der Waals surface area contributed by atoms with Gasteiger partial charge >= 0.3 is 0 Å². The van der Waals surface area contributed by atoms with Crippen LogP contribution in [-0.2, 0) is 0 Å². The summed E-state index contributed by atoms with van der Waals surface area (Å²) in [6, 6.07) is 0. The molecule has 0 atom stereocenters. The molecule has 0 unspecified atom stereocenters. The van der Waals surface area contributed by atoms with E-state index >= 15 is 0 Å². The highest BCUT2D eigenvalue weighted by Gasteiger charge is 1.88. The van der Waals surface area contributed by atoms with E-state index in [-0.39, 0.29) is 0 Å². The minimum atomic E-state index is -3.86. The molecule has 0 fully saturated rings. The van der Waals surface area contributed by atoms with Gasteiger partial charge in [0.25, 0.3) is 0 Å². The van der Waals surface area contributed by atoms with Crippen molar-refractivity contribution in [2.24, 2.45) is 0 Å². The summed E-state index contributed by atoms with van der Waals surface area (Å²) in [4.78, 5) is -0.793. The minimum Gasteiger partial charge on any atom is -0.318 e. The molecule has 2 nitrogen and oxygen atoms in total. The third-order valence-corrected chi connectivity index (χ3v) is 0.342. The number of nitrogens with one attached hydrogen (secondary N) is 1. The van der Waals surface area contributed by atoms with Crippen molar-refractivity contribution in [1.82, 2.24) is 10.2 Å². The average molecular weight is 131 g/mol. The predicted octanol–water partition coefficient (Wildman–Crippen LogP) is 0.157. The van der Waals surface area contributed by atoms with Gasteiger partial charge in [0.2, 0.25) is 0 Å². The lowest BCUT2D eigenvalue weighted by atomic mass is 10.5. The largest absolute Gasteiger partial charge is 0.318 e. The predicted molar refractivity (Wildman–Crippen MR) is 37.1 cm³/mol. The van der Waals surface area contributed by atoms with Gasteiger partial charge in [0.1, 0.15) is 0 Å². The van der Waals surface area contributed by atoms with Crippen molar-refractivity contribution in [3.05, 3.63) is 0 Å². The molecule has 0 aromatic rings. The number of rotatable bonds is 4. The Balaban J connectivity index is 6.22. The van der Waals surface area contributed by atoms with Crippen LogP contribution in [0.1, 0.15) is 27.4 Å². The first kappa shape index (κ1) is 0.789. The summed E-state index contributed by atoms with van der Waals surface area (Å²) in [6.07, 6.45) is 0. The van der Waals surface area contributed by atoms with Gasteiger partial charge in [-0.3, -0.25) is 0 Å².